The molecule has 0 atom stereocenters. The van der Waals surface area contributed by atoms with E-state index in [0.717, 1.165) is 61.1 Å². The van der Waals surface area contributed by atoms with Crippen molar-refractivity contribution in [3.63, 3.8) is 0 Å². The van der Waals surface area contributed by atoms with Crippen molar-refractivity contribution in [2.75, 3.05) is 44.8 Å². The Balaban J connectivity index is 1.59. The summed E-state index contributed by atoms with van der Waals surface area (Å²) < 4.78 is 13.1. The lowest BCUT2D eigenvalue weighted by Gasteiger charge is -2.26. The monoisotopic (exact) mass is 436 g/mol. The Morgan fingerprint density at radius 3 is 2.59 bits per heavy atom. The van der Waals surface area contributed by atoms with Crippen LogP contribution in [0.4, 0.5) is 5.69 Å². The van der Waals surface area contributed by atoms with Gasteiger partial charge in [-0.25, -0.2) is 9.97 Å². The maximum absolute atomic E-state index is 12.7. The van der Waals surface area contributed by atoms with Crippen LogP contribution >= 0.6 is 0 Å². The third kappa shape index (κ3) is 4.95. The van der Waals surface area contributed by atoms with Crippen molar-refractivity contribution < 1.29 is 14.3 Å². The molecule has 0 unspecified atom stereocenters. The van der Waals surface area contributed by atoms with E-state index in [2.05, 4.69) is 25.3 Å². The molecule has 9 nitrogen and oxygen atoms in total. The molecular weight excluding hydrogens is 408 g/mol. The van der Waals surface area contributed by atoms with Crippen molar-refractivity contribution in [1.29, 1.82) is 0 Å². The molecule has 1 aliphatic heterocycles. The zero-order valence-corrected chi connectivity index (χ0v) is 18.7. The summed E-state index contributed by atoms with van der Waals surface area (Å²) in [5.74, 6) is 0.507. The molecule has 1 fully saturated rings. The van der Waals surface area contributed by atoms with E-state index in [-0.39, 0.29) is 5.91 Å². The van der Waals surface area contributed by atoms with Crippen molar-refractivity contribution in [2.45, 2.75) is 13.8 Å². The summed E-state index contributed by atoms with van der Waals surface area (Å²) in [6.45, 7) is 8.63. The standard InChI is InChI=1S/C23H28N6O3/c1-16-22(17(2)25-15-24-16)19-14-18(27-23(30)20-6-7-26-28(20)3)4-5-21(19)32-13-10-29-8-11-31-12-9-29/h4-7,14-15H,8-13H2,1-3H3,(H,27,30). The number of ether oxygens (including phenoxy) is 2. The summed E-state index contributed by atoms with van der Waals surface area (Å²) in [7, 11) is 1.74. The average molecular weight is 437 g/mol. The number of nitrogens with zero attached hydrogens (tertiary/aromatic N) is 5. The zero-order chi connectivity index (χ0) is 22.5. The van der Waals surface area contributed by atoms with Crippen LogP contribution in [0.2, 0.25) is 0 Å². The average Bonchev–Trinajstić information content (AvgIpc) is 3.22. The highest BCUT2D eigenvalue weighted by molar-refractivity contribution is 6.03. The number of rotatable bonds is 7. The minimum absolute atomic E-state index is 0.227. The molecule has 3 aromatic rings. The minimum Gasteiger partial charge on any atom is -0.492 e. The van der Waals surface area contributed by atoms with Gasteiger partial charge in [0.15, 0.2) is 0 Å². The fourth-order valence-electron chi connectivity index (χ4n) is 3.81. The first-order valence-corrected chi connectivity index (χ1v) is 10.7. The Morgan fingerprint density at radius 1 is 1.16 bits per heavy atom. The Labute approximate surface area is 187 Å². The molecule has 32 heavy (non-hydrogen) atoms. The second-order valence-corrected chi connectivity index (χ2v) is 7.73. The highest BCUT2D eigenvalue weighted by atomic mass is 16.5. The van der Waals surface area contributed by atoms with E-state index >= 15 is 0 Å². The van der Waals surface area contributed by atoms with Crippen molar-refractivity contribution in [3.8, 4) is 16.9 Å². The summed E-state index contributed by atoms with van der Waals surface area (Å²) in [5.41, 5.74) is 4.61. The summed E-state index contributed by atoms with van der Waals surface area (Å²) in [5, 5.41) is 7.01. The third-order valence-corrected chi connectivity index (χ3v) is 5.56. The summed E-state index contributed by atoms with van der Waals surface area (Å²) in [4.78, 5) is 23.7. The van der Waals surface area contributed by atoms with Crippen molar-refractivity contribution >= 4 is 11.6 Å². The van der Waals surface area contributed by atoms with Crippen LogP contribution < -0.4 is 10.1 Å². The van der Waals surface area contributed by atoms with Gasteiger partial charge in [0.2, 0.25) is 0 Å². The molecule has 0 bridgehead atoms. The van der Waals surface area contributed by atoms with Crippen molar-refractivity contribution in [1.82, 2.24) is 24.6 Å². The van der Waals surface area contributed by atoms with Crippen molar-refractivity contribution in [3.05, 3.63) is 53.9 Å². The second kappa shape index (κ2) is 9.88. The van der Waals surface area contributed by atoms with E-state index in [1.807, 2.05) is 32.0 Å². The molecule has 1 amide bonds. The van der Waals surface area contributed by atoms with E-state index in [0.29, 0.717) is 18.0 Å². The molecule has 168 valence electrons. The van der Waals surface area contributed by atoms with Gasteiger partial charge in [-0.1, -0.05) is 0 Å². The smallest absolute Gasteiger partial charge is 0.273 e. The van der Waals surface area contributed by atoms with Crippen LogP contribution in [0.3, 0.4) is 0 Å². The lowest BCUT2D eigenvalue weighted by atomic mass is 10.0. The SMILES string of the molecule is Cc1ncnc(C)c1-c1cc(NC(=O)c2ccnn2C)ccc1OCCN1CCOCC1. The van der Waals surface area contributed by atoms with Gasteiger partial charge in [-0.05, 0) is 38.1 Å². The van der Waals surface area contributed by atoms with E-state index < -0.39 is 0 Å². The molecule has 1 N–H and O–H groups in total. The summed E-state index contributed by atoms with van der Waals surface area (Å²) in [6.07, 6.45) is 3.15. The largest absolute Gasteiger partial charge is 0.492 e. The van der Waals surface area contributed by atoms with Gasteiger partial charge in [0.25, 0.3) is 5.91 Å². The maximum Gasteiger partial charge on any atom is 0.273 e. The Kier molecular flexibility index (Phi) is 6.77. The summed E-state index contributed by atoms with van der Waals surface area (Å²) in [6, 6.07) is 7.32. The van der Waals surface area contributed by atoms with Crippen LogP contribution in [0.25, 0.3) is 11.1 Å². The highest BCUT2D eigenvalue weighted by Gasteiger charge is 2.17. The number of nitrogens with one attached hydrogen (secondary N) is 1. The lowest BCUT2D eigenvalue weighted by Crippen LogP contribution is -2.38. The molecule has 0 aliphatic carbocycles. The quantitative estimate of drug-likeness (QED) is 0.608. The van der Waals surface area contributed by atoms with Gasteiger partial charge in [0, 0.05) is 61.1 Å². The van der Waals surface area contributed by atoms with Crippen LogP contribution in [0.1, 0.15) is 21.9 Å². The molecule has 1 aromatic carbocycles. The zero-order valence-electron chi connectivity index (χ0n) is 18.7. The molecule has 2 aromatic heterocycles. The number of morpholine rings is 1. The van der Waals surface area contributed by atoms with E-state index in [9.17, 15) is 4.79 Å². The first kappa shape index (κ1) is 21.9. The number of benzene rings is 1. The van der Waals surface area contributed by atoms with E-state index in [1.54, 1.807) is 30.3 Å². The normalized spacial score (nSPS) is 14.3. The van der Waals surface area contributed by atoms with E-state index in [1.165, 1.54) is 0 Å². The molecule has 9 heteroatoms. The molecular formula is C23H28N6O3. The van der Waals surface area contributed by atoms with Gasteiger partial charge in [-0.2, -0.15) is 5.10 Å². The number of amides is 1. The van der Waals surface area contributed by atoms with Crippen molar-refractivity contribution in [2.24, 2.45) is 7.05 Å². The Morgan fingerprint density at radius 2 is 1.91 bits per heavy atom. The topological polar surface area (TPSA) is 94.4 Å². The van der Waals surface area contributed by atoms with E-state index in [4.69, 9.17) is 9.47 Å². The lowest BCUT2D eigenvalue weighted by molar-refractivity contribution is 0.0323. The number of hydrogen-bond acceptors (Lipinski definition) is 7. The number of aromatic nitrogens is 4. The Bertz CT molecular complexity index is 1070. The number of hydrogen-bond donors (Lipinski definition) is 1. The number of aryl methyl sites for hydroxylation is 3. The van der Waals surface area contributed by atoms with Crippen LogP contribution in [0.15, 0.2) is 36.8 Å². The van der Waals surface area contributed by atoms with Gasteiger partial charge >= 0.3 is 0 Å². The van der Waals surface area contributed by atoms with Crippen LogP contribution in [0, 0.1) is 13.8 Å². The first-order chi connectivity index (χ1) is 15.5. The summed E-state index contributed by atoms with van der Waals surface area (Å²) >= 11 is 0. The predicted octanol–water partition coefficient (Wildman–Crippen LogP) is 2.46. The van der Waals surface area contributed by atoms with Gasteiger partial charge in [0.05, 0.1) is 13.2 Å². The first-order valence-electron chi connectivity index (χ1n) is 10.7. The van der Waals surface area contributed by atoms with Gasteiger partial charge in [-0.3, -0.25) is 14.4 Å². The molecule has 4 rings (SSSR count). The number of carbonyl (C=O) groups is 1. The molecule has 3 heterocycles. The van der Waals surface area contributed by atoms with Gasteiger partial charge < -0.3 is 14.8 Å². The van der Waals surface area contributed by atoms with Crippen LogP contribution in [0.5, 0.6) is 5.75 Å². The maximum atomic E-state index is 12.7. The molecule has 0 spiro atoms. The van der Waals surface area contributed by atoms with Crippen LogP contribution in [-0.2, 0) is 11.8 Å². The predicted molar refractivity (Wildman–Crippen MR) is 121 cm³/mol. The molecule has 1 aliphatic rings. The molecule has 0 saturated carbocycles. The van der Waals surface area contributed by atoms with Gasteiger partial charge in [-0.15, -0.1) is 0 Å². The molecule has 1 saturated heterocycles. The second-order valence-electron chi connectivity index (χ2n) is 7.73. The minimum atomic E-state index is -0.227. The van der Waals surface area contributed by atoms with Gasteiger partial charge in [0.1, 0.15) is 24.4 Å². The number of carbonyl (C=O) groups excluding carboxylic acids is 1. The number of anilines is 1. The highest BCUT2D eigenvalue weighted by Crippen LogP contribution is 2.35. The Hall–Kier alpha value is -3.30. The fraction of sp³-hybridized carbons (Fsp3) is 0.391. The van der Waals surface area contributed by atoms with Crippen LogP contribution in [-0.4, -0.2) is 70.0 Å². The third-order valence-electron chi connectivity index (χ3n) is 5.56. The fourth-order valence-corrected chi connectivity index (χ4v) is 3.81. The molecule has 0 radical (unpaired) electrons.